The Hall–Kier alpha value is -12.5. The second-order valence-electron chi connectivity index (χ2n) is 32.3. The van der Waals surface area contributed by atoms with Crippen LogP contribution in [-0.4, -0.2) is 281 Å². The number of unbranched alkanes of at least 4 members (excludes halogenated alkanes) is 1. The molecule has 0 unspecified atom stereocenters. The van der Waals surface area contributed by atoms with Gasteiger partial charge < -0.3 is 97.6 Å². The number of phenols is 1. The van der Waals surface area contributed by atoms with Gasteiger partial charge in [0.2, 0.25) is 76.8 Å². The summed E-state index contributed by atoms with van der Waals surface area (Å²) in [5, 5.41) is 74.2. The number of carbonyl (C=O) groups is 15. The first-order valence-corrected chi connectivity index (χ1v) is 42.8. The summed E-state index contributed by atoms with van der Waals surface area (Å²) in [7, 11) is 3.64. The number of rotatable bonds is 20. The number of aliphatic hydroxyl groups is 2. The van der Waals surface area contributed by atoms with E-state index in [-0.39, 0.29) is 75.0 Å². The lowest BCUT2D eigenvalue weighted by molar-refractivity contribution is -0.152. The highest BCUT2D eigenvalue weighted by Crippen LogP contribution is 2.29. The average molecular weight is 1770 g/mol. The van der Waals surface area contributed by atoms with Gasteiger partial charge in [-0.05, 0) is 96.7 Å². The van der Waals surface area contributed by atoms with E-state index < -0.39 is 248 Å². The first kappa shape index (κ1) is 97.4. The molecule has 3 aliphatic rings. The van der Waals surface area contributed by atoms with Crippen molar-refractivity contribution in [3.63, 3.8) is 0 Å². The van der Waals surface area contributed by atoms with Crippen LogP contribution in [0.5, 0.6) is 5.75 Å². The highest BCUT2D eigenvalue weighted by molar-refractivity contribution is 8.00. The number of aliphatic carboxylic acids is 2. The molecular formula is C88H109F3N14O20S. The molecule has 14 N–H and O–H groups in total. The monoisotopic (exact) mass is 1770 g/mol. The number of nitrogens with zero attached hydrogens (tertiary/aromatic N) is 5. The number of carboxylic acids is 2. The summed E-state index contributed by atoms with van der Waals surface area (Å²) < 4.78 is 44.7. The summed E-state index contributed by atoms with van der Waals surface area (Å²) in [6, 6.07) is 9.13. The molecule has 0 bridgehead atoms. The molecule has 3 fully saturated rings. The van der Waals surface area contributed by atoms with E-state index in [4.69, 9.17) is 0 Å². The largest absolute Gasteiger partial charge is 0.508 e. The Bertz CT molecular complexity index is 4900. The maximum absolute atomic E-state index is 15.6. The van der Waals surface area contributed by atoms with E-state index in [1.807, 2.05) is 0 Å². The van der Waals surface area contributed by atoms with Gasteiger partial charge in [-0.15, -0.1) is 11.8 Å². The van der Waals surface area contributed by atoms with Gasteiger partial charge in [0.1, 0.15) is 78.3 Å². The molecule has 3 saturated heterocycles. The van der Waals surface area contributed by atoms with E-state index in [1.165, 1.54) is 66.2 Å². The lowest BCUT2D eigenvalue weighted by Gasteiger charge is -2.38. The maximum atomic E-state index is 15.6. The van der Waals surface area contributed by atoms with Crippen LogP contribution < -0.4 is 42.5 Å². The van der Waals surface area contributed by atoms with E-state index in [2.05, 4.69) is 47.5 Å². The number of H-pyrrole nitrogens is 1. The summed E-state index contributed by atoms with van der Waals surface area (Å²) in [5.41, 5.74) is 2.05. The SMILES string of the molecule is CCCC[C@H]1C(=O)N2C[C@H](O)C[C@@H]2C(=O)N[C@@H](CC(=O)O)C(=O)N[C@@H](C(C)C)C(=O)N(C)[C@@H](Cc2ccccc2)C(=O)N[C@@H](CC(=O)O)C(=O)N2CCC[C@@H]2C(=O)N[C@@H](Cc2c[nH]c3ccccc23)C(=O)N[C@@H](Cc2ccc(O)cc2)C(=O)N[C@@H](CCO)C(=O)N[C@H](C)CSCC(=O)N[C@@H](Cc2cc(F)c(F)c(F)c2)C(=O)N(C)[C@@H](Cc2ccccc2)C(=O)N1C. The zero-order chi connectivity index (χ0) is 91.9. The first-order valence-electron chi connectivity index (χ1n) is 41.6. The number of nitrogens with one attached hydrogen (secondary N) is 9. The zero-order valence-electron chi connectivity index (χ0n) is 70.9. The van der Waals surface area contributed by atoms with Crippen LogP contribution in [-0.2, 0) is 104 Å². The highest BCUT2D eigenvalue weighted by Gasteiger charge is 2.48. The van der Waals surface area contributed by atoms with E-state index in [1.54, 1.807) is 98.0 Å². The number of benzene rings is 5. The second-order valence-corrected chi connectivity index (χ2v) is 33.3. The minimum atomic E-state index is -2.04. The number of fused-ring (bicyclic) bond motifs is 3. The number of likely N-dealkylation sites (N-methyl/N-ethyl adjacent to an activating group) is 3. The number of hydrogen-bond acceptors (Lipinski definition) is 19. The van der Waals surface area contributed by atoms with Crippen molar-refractivity contribution in [3.05, 3.63) is 173 Å². The Morgan fingerprint density at radius 3 is 1.66 bits per heavy atom. The van der Waals surface area contributed by atoms with Crippen LogP contribution >= 0.6 is 11.8 Å². The fourth-order valence-corrected chi connectivity index (χ4v) is 16.5. The van der Waals surface area contributed by atoms with Crippen LogP contribution in [0.1, 0.15) is 113 Å². The lowest BCUT2D eigenvalue weighted by Crippen LogP contribution is -2.62. The zero-order valence-corrected chi connectivity index (χ0v) is 71.7. The topological polar surface area (TPSA) is 485 Å². The van der Waals surface area contributed by atoms with E-state index in [9.17, 15) is 63.5 Å². The predicted molar refractivity (Wildman–Crippen MR) is 454 cm³/mol. The number of carbonyl (C=O) groups excluding carboxylic acids is 13. The van der Waals surface area contributed by atoms with Gasteiger partial charge in [-0.25, -0.2) is 13.2 Å². The van der Waals surface area contributed by atoms with Crippen LogP contribution in [0.25, 0.3) is 10.9 Å². The summed E-state index contributed by atoms with van der Waals surface area (Å²) >= 11 is 0.914. The van der Waals surface area contributed by atoms with Crippen molar-refractivity contribution in [3.8, 4) is 5.75 Å². The van der Waals surface area contributed by atoms with Crippen molar-refractivity contribution in [1.29, 1.82) is 0 Å². The Balaban J connectivity index is 1.10. The molecule has 678 valence electrons. The molecule has 4 heterocycles. The molecule has 9 rings (SSSR count). The summed E-state index contributed by atoms with van der Waals surface area (Å²) in [5.74, 6) is -23.1. The molecular weight excluding hydrogens is 1660 g/mol. The molecule has 34 nitrogen and oxygen atoms in total. The number of hydrogen-bond donors (Lipinski definition) is 14. The van der Waals surface area contributed by atoms with Crippen molar-refractivity contribution in [2.75, 3.05) is 52.3 Å². The number of aromatic hydroxyl groups is 1. The predicted octanol–water partition coefficient (Wildman–Crippen LogP) is 2.06. The lowest BCUT2D eigenvalue weighted by atomic mass is 9.98. The van der Waals surface area contributed by atoms with Gasteiger partial charge in [-0.2, -0.15) is 0 Å². The smallest absolute Gasteiger partial charge is 0.305 e. The third-order valence-electron chi connectivity index (χ3n) is 22.5. The van der Waals surface area contributed by atoms with Crippen LogP contribution in [0.3, 0.4) is 0 Å². The normalized spacial score (nSPS) is 24.9. The molecule has 5 aromatic carbocycles. The maximum Gasteiger partial charge on any atom is 0.305 e. The van der Waals surface area contributed by atoms with Gasteiger partial charge >= 0.3 is 11.9 Å². The molecule has 0 spiro atoms. The molecule has 38 heteroatoms. The number of phenolic OH excluding ortho intramolecular Hbond substituents is 1. The van der Waals surface area contributed by atoms with Crippen molar-refractivity contribution < 1.29 is 111 Å². The van der Waals surface area contributed by atoms with Gasteiger partial charge in [0.05, 0.1) is 24.7 Å². The quantitative estimate of drug-likeness (QED) is 0.0486. The third kappa shape index (κ3) is 26.1. The van der Waals surface area contributed by atoms with Crippen LogP contribution in [0.2, 0.25) is 0 Å². The standard InChI is InChI=1S/C88H109F3N14O20S/c1-8-9-25-68-87(124)105-45-56(108)41-70(105)83(120)98-64(42-73(110)111)80(117)100-76(48(2)3)88(125)102(6)69(38-50-19-12-10-13-20-50)82(119)99-66(43-74(112)113)85(122)104-32-18-26-67(104)81(118)97-63(40-54-44-92-60-24-17-16-23-57(54)60)79(116)96-62(36-52-27-29-55(107)30-28-52)78(115)95-61(31-33-106)77(114)93-49(4)46-126-47-72(109)94-65(37-53-34-58(89)75(91)59(90)35-53)84(121)103(7)71(86(123)101(68)5)39-51-21-14-11-15-22-51/h10-17,19-24,27-30,34-35,44,48-49,56,61-71,76,92,106-108H,8-9,18,25-26,31-33,36-43,45-47H2,1-7H3,(H,93,114)(H,94,109)(H,95,115)(H,96,116)(H,97,118)(H,98,120)(H,99,119)(H,100,117)(H,110,111)(H,112,113)/t49-,56-,61+,62+,63+,64+,65+,66+,67-,68+,69+,70-,71+,76+/m1/s1. The number of aliphatic hydroxyl groups excluding tert-OH is 2. The number of amides is 13. The minimum absolute atomic E-state index is 0.0690. The number of aromatic nitrogens is 1. The number of halogens is 3. The highest BCUT2D eigenvalue weighted by atomic mass is 32.2. The van der Waals surface area contributed by atoms with Crippen molar-refractivity contribution in [2.24, 2.45) is 5.92 Å². The molecule has 14 atom stereocenters. The van der Waals surface area contributed by atoms with Gasteiger partial charge in [0, 0.05) is 108 Å². The summed E-state index contributed by atoms with van der Waals surface area (Å²) in [4.78, 5) is 229. The van der Waals surface area contributed by atoms with Gasteiger partial charge in [0.15, 0.2) is 17.5 Å². The fourth-order valence-electron chi connectivity index (χ4n) is 15.7. The van der Waals surface area contributed by atoms with Crippen LogP contribution in [0.15, 0.2) is 128 Å². The number of para-hydroxylation sites is 1. The van der Waals surface area contributed by atoms with E-state index in [0.717, 1.165) is 36.3 Å². The van der Waals surface area contributed by atoms with E-state index in [0.29, 0.717) is 51.7 Å². The van der Waals surface area contributed by atoms with Crippen LogP contribution in [0.4, 0.5) is 13.2 Å². The number of carboxylic acid groups (broad SMARTS) is 2. The molecule has 6 aromatic rings. The van der Waals surface area contributed by atoms with Crippen molar-refractivity contribution >= 4 is 111 Å². The molecule has 0 aliphatic carbocycles. The van der Waals surface area contributed by atoms with Crippen molar-refractivity contribution in [1.82, 2.24) is 72.0 Å². The molecule has 0 saturated carbocycles. The molecule has 13 amide bonds. The number of aromatic amines is 1. The first-order chi connectivity index (χ1) is 59.9. The second kappa shape index (κ2) is 45.4. The van der Waals surface area contributed by atoms with E-state index >= 15 is 47.1 Å². The summed E-state index contributed by atoms with van der Waals surface area (Å²) in [6.45, 7) is 4.89. The van der Waals surface area contributed by atoms with Crippen LogP contribution in [0, 0.1) is 23.4 Å². The fraction of sp³-hybridized carbons (Fsp3) is 0.466. The summed E-state index contributed by atoms with van der Waals surface area (Å²) in [6.07, 6.45) is -4.25. The molecule has 0 radical (unpaired) electrons. The Labute approximate surface area is 729 Å². The van der Waals surface area contributed by atoms with Crippen molar-refractivity contribution in [2.45, 2.75) is 202 Å². The molecule has 3 aliphatic heterocycles. The minimum Gasteiger partial charge on any atom is -0.508 e. The Morgan fingerprint density at radius 2 is 1.04 bits per heavy atom. The average Bonchev–Trinajstić information content (AvgIpc) is 1.61. The van der Waals surface area contributed by atoms with Gasteiger partial charge in [-0.3, -0.25) is 71.9 Å². The molecule has 1 aromatic heterocycles. The molecule has 126 heavy (non-hydrogen) atoms. The number of thioether (sulfide) groups is 1. The van der Waals surface area contributed by atoms with Gasteiger partial charge in [0.25, 0.3) is 0 Å². The third-order valence-corrected chi connectivity index (χ3v) is 23.7. The van der Waals surface area contributed by atoms with Gasteiger partial charge in [-0.1, -0.05) is 125 Å². The Morgan fingerprint density at radius 1 is 0.516 bits per heavy atom. The Kier molecular flexibility index (Phi) is 35.1.